The Kier molecular flexibility index (Phi) is 12.0. The summed E-state index contributed by atoms with van der Waals surface area (Å²) in [4.78, 5) is 19.1. The number of carbonyl (C=O) groups is 1. The van der Waals surface area contributed by atoms with E-state index in [-0.39, 0.29) is 29.9 Å². The van der Waals surface area contributed by atoms with Crippen LogP contribution in [0.3, 0.4) is 0 Å². The molecule has 0 spiro atoms. The standard InChI is InChI=1S/C19H31N5O.HI/c1-2-20-19(23-13-16-24-14-7-4-8-15-24)22-12-11-21-18(25)17-9-5-3-6-10-17;/h3,5-6,9-10H,2,4,7-8,11-16H2,1H3,(H,21,25)(H2,20,22,23);1H. The number of hydrogen-bond acceptors (Lipinski definition) is 3. The first-order valence-corrected chi connectivity index (χ1v) is 9.37. The van der Waals surface area contributed by atoms with Crippen molar-refractivity contribution in [1.82, 2.24) is 20.9 Å². The molecule has 0 radical (unpaired) electrons. The van der Waals surface area contributed by atoms with E-state index >= 15 is 0 Å². The lowest BCUT2D eigenvalue weighted by atomic mass is 10.1. The van der Waals surface area contributed by atoms with E-state index in [0.717, 1.165) is 25.6 Å². The van der Waals surface area contributed by atoms with Gasteiger partial charge in [0, 0.05) is 31.7 Å². The Morgan fingerprint density at radius 2 is 1.73 bits per heavy atom. The average Bonchev–Trinajstić information content (AvgIpc) is 2.66. The van der Waals surface area contributed by atoms with Crippen LogP contribution in [0.2, 0.25) is 0 Å². The average molecular weight is 473 g/mol. The Labute approximate surface area is 174 Å². The van der Waals surface area contributed by atoms with Crippen LogP contribution in [0.25, 0.3) is 0 Å². The van der Waals surface area contributed by atoms with Gasteiger partial charge in [-0.3, -0.25) is 9.79 Å². The first kappa shape index (κ1) is 22.7. The summed E-state index contributed by atoms with van der Waals surface area (Å²) in [5.74, 6) is 0.767. The SMILES string of the molecule is CCNC(=NCCN1CCCCC1)NCCNC(=O)c1ccccc1.I. The van der Waals surface area contributed by atoms with Crippen molar-refractivity contribution in [1.29, 1.82) is 0 Å². The normalized spacial score (nSPS) is 15.0. The number of amides is 1. The van der Waals surface area contributed by atoms with E-state index < -0.39 is 0 Å². The third-order valence-corrected chi connectivity index (χ3v) is 4.22. The van der Waals surface area contributed by atoms with Crippen molar-refractivity contribution >= 4 is 35.8 Å². The lowest BCUT2D eigenvalue weighted by molar-refractivity contribution is 0.0954. The molecule has 0 unspecified atom stereocenters. The van der Waals surface area contributed by atoms with Gasteiger partial charge in [0.25, 0.3) is 5.91 Å². The van der Waals surface area contributed by atoms with Crippen LogP contribution in [0, 0.1) is 0 Å². The van der Waals surface area contributed by atoms with E-state index in [1.165, 1.54) is 32.4 Å². The Hall–Kier alpha value is -1.35. The van der Waals surface area contributed by atoms with Gasteiger partial charge in [-0.1, -0.05) is 24.6 Å². The summed E-state index contributed by atoms with van der Waals surface area (Å²) < 4.78 is 0. The van der Waals surface area contributed by atoms with Crippen molar-refractivity contribution in [2.45, 2.75) is 26.2 Å². The van der Waals surface area contributed by atoms with Crippen LogP contribution in [0.4, 0.5) is 0 Å². The number of halogens is 1. The van der Waals surface area contributed by atoms with Crippen LogP contribution in [-0.2, 0) is 0 Å². The molecule has 3 N–H and O–H groups in total. The van der Waals surface area contributed by atoms with Crippen LogP contribution in [0.5, 0.6) is 0 Å². The lowest BCUT2D eigenvalue weighted by Crippen LogP contribution is -2.42. The van der Waals surface area contributed by atoms with Crippen molar-refractivity contribution in [3.63, 3.8) is 0 Å². The second-order valence-corrected chi connectivity index (χ2v) is 6.21. The molecule has 26 heavy (non-hydrogen) atoms. The van der Waals surface area contributed by atoms with Crippen molar-refractivity contribution in [3.8, 4) is 0 Å². The number of benzene rings is 1. The molecule has 0 atom stereocenters. The highest BCUT2D eigenvalue weighted by atomic mass is 127. The van der Waals surface area contributed by atoms with Crippen LogP contribution in [0.1, 0.15) is 36.5 Å². The topological polar surface area (TPSA) is 68.8 Å². The number of guanidine groups is 1. The second-order valence-electron chi connectivity index (χ2n) is 6.21. The van der Waals surface area contributed by atoms with Crippen molar-refractivity contribution < 1.29 is 4.79 Å². The minimum Gasteiger partial charge on any atom is -0.357 e. The van der Waals surface area contributed by atoms with Gasteiger partial charge in [-0.15, -0.1) is 24.0 Å². The highest BCUT2D eigenvalue weighted by Crippen LogP contribution is 2.07. The van der Waals surface area contributed by atoms with E-state index in [1.807, 2.05) is 30.3 Å². The van der Waals surface area contributed by atoms with Gasteiger partial charge in [0.15, 0.2) is 5.96 Å². The van der Waals surface area contributed by atoms with E-state index in [9.17, 15) is 4.79 Å². The fourth-order valence-corrected chi connectivity index (χ4v) is 2.88. The van der Waals surface area contributed by atoms with Crippen molar-refractivity contribution in [3.05, 3.63) is 35.9 Å². The zero-order valence-electron chi connectivity index (χ0n) is 15.7. The number of likely N-dealkylation sites (tertiary alicyclic amines) is 1. The van der Waals surface area contributed by atoms with Crippen LogP contribution >= 0.6 is 24.0 Å². The molecule has 1 aromatic rings. The van der Waals surface area contributed by atoms with Gasteiger partial charge in [0.1, 0.15) is 0 Å². The minimum absolute atomic E-state index is 0. The Bertz CT molecular complexity index is 532. The maximum atomic E-state index is 12.0. The molecule has 1 saturated heterocycles. The molecule has 0 bridgehead atoms. The fraction of sp³-hybridized carbons (Fsp3) is 0.579. The number of carbonyl (C=O) groups excluding carboxylic acids is 1. The van der Waals surface area contributed by atoms with Crippen LogP contribution < -0.4 is 16.0 Å². The third-order valence-electron chi connectivity index (χ3n) is 4.22. The summed E-state index contributed by atoms with van der Waals surface area (Å²) in [5.41, 5.74) is 0.685. The molecule has 0 aliphatic carbocycles. The highest BCUT2D eigenvalue weighted by Gasteiger charge is 2.09. The molecule has 1 aliphatic heterocycles. The second kappa shape index (κ2) is 13.8. The minimum atomic E-state index is -0.0468. The van der Waals surface area contributed by atoms with E-state index in [2.05, 4.69) is 32.8 Å². The molecule has 1 heterocycles. The predicted octanol–water partition coefficient (Wildman–Crippen LogP) is 2.08. The number of hydrogen-bond donors (Lipinski definition) is 3. The fourth-order valence-electron chi connectivity index (χ4n) is 2.88. The third kappa shape index (κ3) is 8.84. The molecule has 1 aromatic carbocycles. The number of nitrogens with zero attached hydrogens (tertiary/aromatic N) is 2. The summed E-state index contributed by atoms with van der Waals surface area (Å²) in [6.45, 7) is 8.30. The number of aliphatic imine (C=N–C) groups is 1. The highest BCUT2D eigenvalue weighted by molar-refractivity contribution is 14.0. The molecule has 1 fully saturated rings. The van der Waals surface area contributed by atoms with Crippen molar-refractivity contribution in [2.75, 3.05) is 45.8 Å². The Morgan fingerprint density at radius 1 is 1.04 bits per heavy atom. The molecule has 2 rings (SSSR count). The summed E-state index contributed by atoms with van der Waals surface area (Å²) in [5, 5.41) is 9.43. The summed E-state index contributed by atoms with van der Waals surface area (Å²) in [7, 11) is 0. The molecule has 6 nitrogen and oxygen atoms in total. The smallest absolute Gasteiger partial charge is 0.251 e. The number of piperidine rings is 1. The molecule has 7 heteroatoms. The Morgan fingerprint density at radius 3 is 2.42 bits per heavy atom. The molecule has 0 aromatic heterocycles. The quantitative estimate of drug-likeness (QED) is 0.234. The summed E-state index contributed by atoms with van der Waals surface area (Å²) >= 11 is 0. The number of rotatable bonds is 8. The monoisotopic (exact) mass is 473 g/mol. The van der Waals surface area contributed by atoms with Gasteiger partial charge in [0.05, 0.1) is 6.54 Å². The van der Waals surface area contributed by atoms with Crippen molar-refractivity contribution in [2.24, 2.45) is 4.99 Å². The Balaban J connectivity index is 0.00000338. The summed E-state index contributed by atoms with van der Waals surface area (Å²) in [6.07, 6.45) is 3.98. The first-order valence-electron chi connectivity index (χ1n) is 9.37. The zero-order chi connectivity index (χ0) is 17.7. The van der Waals surface area contributed by atoms with Gasteiger partial charge < -0.3 is 20.9 Å². The first-order chi connectivity index (χ1) is 12.3. The molecule has 1 amide bonds. The van der Waals surface area contributed by atoms with Gasteiger partial charge >= 0.3 is 0 Å². The van der Waals surface area contributed by atoms with Crippen LogP contribution in [-0.4, -0.2) is 62.6 Å². The molecule has 1 aliphatic rings. The van der Waals surface area contributed by atoms with E-state index in [1.54, 1.807) is 0 Å². The molecule has 146 valence electrons. The maximum Gasteiger partial charge on any atom is 0.251 e. The lowest BCUT2D eigenvalue weighted by Gasteiger charge is -2.25. The molecule has 0 saturated carbocycles. The van der Waals surface area contributed by atoms with Gasteiger partial charge in [-0.05, 0) is 45.0 Å². The zero-order valence-corrected chi connectivity index (χ0v) is 18.0. The summed E-state index contributed by atoms with van der Waals surface area (Å²) in [6, 6.07) is 9.27. The predicted molar refractivity (Wildman–Crippen MR) is 118 cm³/mol. The van der Waals surface area contributed by atoms with Gasteiger partial charge in [-0.2, -0.15) is 0 Å². The number of nitrogens with one attached hydrogen (secondary N) is 3. The molecular formula is C19H32IN5O. The van der Waals surface area contributed by atoms with Gasteiger partial charge in [-0.25, -0.2) is 0 Å². The maximum absolute atomic E-state index is 12.0. The van der Waals surface area contributed by atoms with Crippen LogP contribution in [0.15, 0.2) is 35.3 Å². The molecular weight excluding hydrogens is 441 g/mol. The van der Waals surface area contributed by atoms with Gasteiger partial charge in [0.2, 0.25) is 0 Å². The van der Waals surface area contributed by atoms with E-state index in [4.69, 9.17) is 0 Å². The van der Waals surface area contributed by atoms with E-state index in [0.29, 0.717) is 18.7 Å². The largest absolute Gasteiger partial charge is 0.357 e.